The van der Waals surface area contributed by atoms with E-state index < -0.39 is 6.10 Å². The summed E-state index contributed by atoms with van der Waals surface area (Å²) in [5.74, 6) is 1.31. The van der Waals surface area contributed by atoms with E-state index >= 15 is 0 Å². The molecule has 2 aromatic carbocycles. The van der Waals surface area contributed by atoms with Gasteiger partial charge < -0.3 is 9.84 Å². The lowest BCUT2D eigenvalue weighted by Gasteiger charge is -2.11. The minimum absolute atomic E-state index is 0.263. The summed E-state index contributed by atoms with van der Waals surface area (Å²) in [6, 6.07) is 14.1. The summed E-state index contributed by atoms with van der Waals surface area (Å²) in [6.07, 6.45) is 1.43. The van der Waals surface area contributed by atoms with Gasteiger partial charge in [-0.1, -0.05) is 65.2 Å². The maximum atomic E-state index is 10.1. The van der Waals surface area contributed by atoms with E-state index in [4.69, 9.17) is 4.74 Å². The van der Waals surface area contributed by atoms with Gasteiger partial charge in [0.1, 0.15) is 12.4 Å². The van der Waals surface area contributed by atoms with E-state index in [1.165, 1.54) is 17.1 Å². The third-order valence-corrected chi connectivity index (χ3v) is 6.30. The number of aliphatic hydroxyl groups excluding tert-OH is 1. The quantitative estimate of drug-likeness (QED) is 0.641. The molecule has 0 fully saturated rings. The van der Waals surface area contributed by atoms with Gasteiger partial charge in [-0.3, -0.25) is 0 Å². The van der Waals surface area contributed by atoms with E-state index in [9.17, 15) is 5.11 Å². The highest BCUT2D eigenvalue weighted by Crippen LogP contribution is 2.28. The molecule has 0 aliphatic carbocycles. The number of nitrogens with zero attached hydrogens (tertiary/aromatic N) is 2. The Morgan fingerprint density at radius 1 is 1.13 bits per heavy atom. The third kappa shape index (κ3) is 4.60. The largest absolute Gasteiger partial charge is 0.491 e. The van der Waals surface area contributed by atoms with Crippen LogP contribution in [0.2, 0.25) is 0 Å². The Kier molecular flexibility index (Phi) is 5.77. The van der Waals surface area contributed by atoms with Crippen LogP contribution in [0.25, 0.3) is 10.8 Å². The summed E-state index contributed by atoms with van der Waals surface area (Å²) in [4.78, 5) is 0. The number of fused-ring (bicyclic) bond motifs is 1. The highest BCUT2D eigenvalue weighted by molar-refractivity contribution is 8.03. The number of hydrogen-bond donors (Lipinski definition) is 1. The van der Waals surface area contributed by atoms with Gasteiger partial charge in [-0.05, 0) is 29.2 Å². The first-order chi connectivity index (χ1) is 11.2. The maximum absolute atomic E-state index is 10.1. The van der Waals surface area contributed by atoms with Gasteiger partial charge in [0.15, 0.2) is 8.68 Å². The molecule has 4 nitrogen and oxygen atoms in total. The number of aromatic nitrogens is 2. The van der Waals surface area contributed by atoms with Crippen LogP contribution in [0, 0.1) is 0 Å². The molecule has 1 heterocycles. The van der Waals surface area contributed by atoms with Crippen molar-refractivity contribution in [3.63, 3.8) is 0 Å². The second kappa shape index (κ2) is 8.01. The average molecular weight is 365 g/mol. The highest BCUT2D eigenvalue weighted by atomic mass is 32.2. The van der Waals surface area contributed by atoms with Crippen LogP contribution in [0.1, 0.15) is 0 Å². The van der Waals surface area contributed by atoms with Crippen LogP contribution in [0.4, 0.5) is 0 Å². The fourth-order valence-electron chi connectivity index (χ4n) is 2.00. The van der Waals surface area contributed by atoms with E-state index in [0.717, 1.165) is 19.8 Å². The van der Waals surface area contributed by atoms with E-state index in [-0.39, 0.29) is 6.61 Å². The predicted octanol–water partition coefficient (Wildman–Crippen LogP) is 3.95. The van der Waals surface area contributed by atoms with Gasteiger partial charge in [-0.25, -0.2) is 0 Å². The Labute approximate surface area is 147 Å². The standard InChI is InChI=1S/C16H16N2O2S3/c1-21-15-17-18-16(23-15)22-10-13(19)9-20-14-7-6-11-4-2-3-5-12(11)8-14/h2-8,13,19H,9-10H2,1H3. The molecule has 7 heteroatoms. The summed E-state index contributed by atoms with van der Waals surface area (Å²) < 4.78 is 7.50. The first-order valence-electron chi connectivity index (χ1n) is 7.04. The van der Waals surface area contributed by atoms with E-state index in [2.05, 4.69) is 16.3 Å². The van der Waals surface area contributed by atoms with Crippen LogP contribution in [0.3, 0.4) is 0 Å². The molecular formula is C16H16N2O2S3. The van der Waals surface area contributed by atoms with Crippen LogP contribution >= 0.6 is 34.9 Å². The van der Waals surface area contributed by atoms with Gasteiger partial charge in [-0.2, -0.15) is 0 Å². The second-order valence-electron chi connectivity index (χ2n) is 4.82. The third-order valence-electron chi connectivity index (χ3n) is 3.13. The van der Waals surface area contributed by atoms with Crippen LogP contribution in [0.5, 0.6) is 5.75 Å². The van der Waals surface area contributed by atoms with Crippen molar-refractivity contribution < 1.29 is 9.84 Å². The molecule has 0 bridgehead atoms. The van der Waals surface area contributed by atoms with Crippen LogP contribution in [-0.4, -0.2) is 40.0 Å². The Balaban J connectivity index is 1.50. The molecule has 1 unspecified atom stereocenters. The van der Waals surface area contributed by atoms with E-state index in [1.807, 2.05) is 42.7 Å². The normalized spacial score (nSPS) is 12.4. The zero-order valence-corrected chi connectivity index (χ0v) is 15.0. The molecule has 120 valence electrons. The second-order valence-corrected chi connectivity index (χ2v) is 8.12. The maximum Gasteiger partial charge on any atom is 0.175 e. The molecule has 3 rings (SSSR count). The number of hydrogen-bond acceptors (Lipinski definition) is 7. The van der Waals surface area contributed by atoms with Gasteiger partial charge in [0.25, 0.3) is 0 Å². The van der Waals surface area contributed by atoms with Crippen LogP contribution in [0.15, 0.2) is 51.1 Å². The van der Waals surface area contributed by atoms with Crippen LogP contribution in [-0.2, 0) is 0 Å². The molecule has 0 radical (unpaired) electrons. The molecule has 23 heavy (non-hydrogen) atoms. The van der Waals surface area contributed by atoms with E-state index in [0.29, 0.717) is 5.75 Å². The Morgan fingerprint density at radius 3 is 2.70 bits per heavy atom. The number of aliphatic hydroxyl groups is 1. The van der Waals surface area contributed by atoms with Gasteiger partial charge >= 0.3 is 0 Å². The SMILES string of the molecule is CSc1nnc(SCC(O)COc2ccc3ccccc3c2)s1. The summed E-state index contributed by atoms with van der Waals surface area (Å²) in [7, 11) is 0. The first kappa shape index (κ1) is 16.6. The van der Waals surface area contributed by atoms with Gasteiger partial charge in [0, 0.05) is 5.75 Å². The molecule has 0 saturated heterocycles. The van der Waals surface area contributed by atoms with Crippen LogP contribution < -0.4 is 4.74 Å². The van der Waals surface area contributed by atoms with E-state index in [1.54, 1.807) is 23.1 Å². The van der Waals surface area contributed by atoms with Crippen molar-refractivity contribution in [2.45, 2.75) is 14.8 Å². The number of ether oxygens (including phenoxy) is 1. The lowest BCUT2D eigenvalue weighted by Crippen LogP contribution is -2.20. The van der Waals surface area contributed by atoms with Crippen molar-refractivity contribution in [1.29, 1.82) is 0 Å². The minimum Gasteiger partial charge on any atom is -0.491 e. The van der Waals surface area contributed by atoms with Crippen molar-refractivity contribution in [2.75, 3.05) is 18.6 Å². The van der Waals surface area contributed by atoms with Gasteiger partial charge in [0.05, 0.1) is 6.10 Å². The fourth-order valence-corrected chi connectivity index (χ4v) is 4.37. The Morgan fingerprint density at radius 2 is 1.91 bits per heavy atom. The summed E-state index contributed by atoms with van der Waals surface area (Å²) >= 11 is 4.62. The topological polar surface area (TPSA) is 55.2 Å². The zero-order valence-electron chi connectivity index (χ0n) is 12.5. The summed E-state index contributed by atoms with van der Waals surface area (Å²) in [5.41, 5.74) is 0. The highest BCUT2D eigenvalue weighted by Gasteiger charge is 2.10. The molecule has 1 atom stereocenters. The molecule has 0 saturated carbocycles. The molecule has 0 amide bonds. The smallest absolute Gasteiger partial charge is 0.175 e. The Hall–Kier alpha value is -1.28. The molecule has 0 spiro atoms. The van der Waals surface area contributed by atoms with Crippen molar-refractivity contribution >= 4 is 45.6 Å². The molecule has 1 aromatic heterocycles. The summed E-state index contributed by atoms with van der Waals surface area (Å²) in [5, 5.41) is 20.5. The van der Waals surface area contributed by atoms with Gasteiger partial charge in [0.2, 0.25) is 0 Å². The van der Waals surface area contributed by atoms with Crippen molar-refractivity contribution in [3.05, 3.63) is 42.5 Å². The molecular weight excluding hydrogens is 348 g/mol. The predicted molar refractivity (Wildman–Crippen MR) is 97.9 cm³/mol. The lowest BCUT2D eigenvalue weighted by molar-refractivity contribution is 0.126. The first-order valence-corrected chi connectivity index (χ1v) is 10.1. The fraction of sp³-hybridized carbons (Fsp3) is 0.250. The minimum atomic E-state index is -0.548. The number of rotatable bonds is 7. The zero-order chi connectivity index (χ0) is 16.1. The average Bonchev–Trinajstić information content (AvgIpc) is 3.06. The monoisotopic (exact) mass is 364 g/mol. The lowest BCUT2D eigenvalue weighted by atomic mass is 10.1. The molecule has 3 aromatic rings. The summed E-state index contributed by atoms with van der Waals surface area (Å²) in [6.45, 7) is 0.263. The number of benzene rings is 2. The van der Waals surface area contributed by atoms with Crippen molar-refractivity contribution in [2.24, 2.45) is 0 Å². The van der Waals surface area contributed by atoms with Crippen molar-refractivity contribution in [3.8, 4) is 5.75 Å². The Bertz CT molecular complexity index is 779. The number of thioether (sulfide) groups is 2. The molecule has 0 aliphatic rings. The van der Waals surface area contributed by atoms with Gasteiger partial charge in [-0.15, -0.1) is 10.2 Å². The molecule has 1 N–H and O–H groups in total. The van der Waals surface area contributed by atoms with Crippen molar-refractivity contribution in [1.82, 2.24) is 10.2 Å². The molecule has 0 aliphatic heterocycles.